The fourth-order valence-electron chi connectivity index (χ4n) is 3.04. The first-order valence-corrected chi connectivity index (χ1v) is 5.71. The maximum atomic E-state index is 10.2. The van der Waals surface area contributed by atoms with Gasteiger partial charge in [-0.15, -0.1) is 0 Å². The zero-order valence-electron chi connectivity index (χ0n) is 9.29. The van der Waals surface area contributed by atoms with Crippen LogP contribution in [0.15, 0.2) is 0 Å². The molecule has 0 bridgehead atoms. The number of hydrogen-bond donors (Lipinski definition) is 2. The number of piperidine rings is 1. The summed E-state index contributed by atoms with van der Waals surface area (Å²) in [5.41, 5.74) is -0.483. The van der Waals surface area contributed by atoms with Gasteiger partial charge in [-0.2, -0.15) is 0 Å². The molecule has 2 aliphatic rings. The predicted molar refractivity (Wildman–Crippen MR) is 57.2 cm³/mol. The minimum atomic E-state index is -0.483. The van der Waals surface area contributed by atoms with E-state index in [0.717, 1.165) is 19.6 Å². The number of nitrogens with one attached hydrogen (secondary N) is 1. The van der Waals surface area contributed by atoms with Crippen molar-refractivity contribution >= 4 is 0 Å². The molecule has 2 rings (SSSR count). The summed E-state index contributed by atoms with van der Waals surface area (Å²) in [5.74, 6) is 1.13. The Morgan fingerprint density at radius 3 is 2.86 bits per heavy atom. The number of nitrogens with zero attached hydrogens (tertiary/aromatic N) is 1. The molecule has 2 fully saturated rings. The first-order chi connectivity index (χ1) is 6.59. The molecule has 0 spiro atoms. The third-order valence-electron chi connectivity index (χ3n) is 3.88. The van der Waals surface area contributed by atoms with Gasteiger partial charge in [0.15, 0.2) is 0 Å². The van der Waals surface area contributed by atoms with Crippen molar-refractivity contribution in [3.63, 3.8) is 0 Å². The van der Waals surface area contributed by atoms with Crippen LogP contribution in [-0.4, -0.2) is 48.8 Å². The minimum Gasteiger partial charge on any atom is -0.389 e. The zero-order chi connectivity index (χ0) is 10.2. The second-order valence-corrected chi connectivity index (χ2v) is 5.26. The molecule has 0 saturated carbocycles. The van der Waals surface area contributed by atoms with Crippen LogP contribution in [0, 0.1) is 11.8 Å². The highest BCUT2D eigenvalue weighted by atomic mass is 16.3. The van der Waals surface area contributed by atoms with Gasteiger partial charge < -0.3 is 15.3 Å². The lowest BCUT2D eigenvalue weighted by atomic mass is 9.78. The van der Waals surface area contributed by atoms with E-state index < -0.39 is 5.60 Å². The quantitative estimate of drug-likeness (QED) is 0.636. The van der Waals surface area contributed by atoms with Gasteiger partial charge in [0, 0.05) is 25.6 Å². The summed E-state index contributed by atoms with van der Waals surface area (Å²) in [6.07, 6.45) is 2.57. The molecule has 82 valence electrons. The smallest absolute Gasteiger partial charge is 0.0786 e. The fourth-order valence-corrected chi connectivity index (χ4v) is 3.04. The zero-order valence-corrected chi connectivity index (χ0v) is 9.29. The molecular formula is C11H22N2O. The molecule has 2 heterocycles. The van der Waals surface area contributed by atoms with Gasteiger partial charge in [-0.25, -0.2) is 0 Å². The Labute approximate surface area is 86.5 Å². The molecule has 0 aromatic rings. The number of aliphatic hydroxyl groups is 1. The molecule has 0 aromatic heterocycles. The van der Waals surface area contributed by atoms with Gasteiger partial charge in [0.25, 0.3) is 0 Å². The molecular weight excluding hydrogens is 176 g/mol. The Morgan fingerprint density at radius 2 is 2.29 bits per heavy atom. The van der Waals surface area contributed by atoms with Gasteiger partial charge in [0.05, 0.1) is 5.60 Å². The second-order valence-electron chi connectivity index (χ2n) is 5.26. The van der Waals surface area contributed by atoms with Crippen molar-refractivity contribution in [2.75, 3.05) is 33.2 Å². The van der Waals surface area contributed by atoms with Crippen LogP contribution in [0.4, 0.5) is 0 Å². The molecule has 3 atom stereocenters. The summed E-state index contributed by atoms with van der Waals surface area (Å²) in [7, 11) is 2.18. The Morgan fingerprint density at radius 1 is 1.50 bits per heavy atom. The SMILES string of the molecule is CN1CCCC(C2CNCC2(C)O)C1. The first-order valence-electron chi connectivity index (χ1n) is 5.71. The largest absolute Gasteiger partial charge is 0.389 e. The van der Waals surface area contributed by atoms with E-state index >= 15 is 0 Å². The molecule has 0 aromatic carbocycles. The summed E-state index contributed by atoms with van der Waals surface area (Å²) < 4.78 is 0. The van der Waals surface area contributed by atoms with Crippen molar-refractivity contribution < 1.29 is 5.11 Å². The van der Waals surface area contributed by atoms with Crippen LogP contribution in [0.25, 0.3) is 0 Å². The van der Waals surface area contributed by atoms with Crippen LogP contribution in [0.2, 0.25) is 0 Å². The fraction of sp³-hybridized carbons (Fsp3) is 1.00. The van der Waals surface area contributed by atoms with Gasteiger partial charge in [-0.05, 0) is 39.3 Å². The number of rotatable bonds is 1. The molecule has 3 heteroatoms. The van der Waals surface area contributed by atoms with Gasteiger partial charge in [-0.1, -0.05) is 0 Å². The molecule has 3 nitrogen and oxygen atoms in total. The molecule has 0 radical (unpaired) electrons. The standard InChI is InChI=1S/C11H22N2O/c1-11(14)8-12-6-10(11)9-4-3-5-13(2)7-9/h9-10,12,14H,3-8H2,1-2H3. The van der Waals surface area contributed by atoms with E-state index in [-0.39, 0.29) is 0 Å². The highest BCUT2D eigenvalue weighted by molar-refractivity contribution is 4.96. The molecule has 0 aliphatic carbocycles. The van der Waals surface area contributed by atoms with E-state index in [0.29, 0.717) is 11.8 Å². The first kappa shape index (κ1) is 10.4. The molecule has 14 heavy (non-hydrogen) atoms. The van der Waals surface area contributed by atoms with Crippen LogP contribution < -0.4 is 5.32 Å². The van der Waals surface area contributed by atoms with Crippen LogP contribution in [0.5, 0.6) is 0 Å². The summed E-state index contributed by atoms with van der Waals surface area (Å²) >= 11 is 0. The van der Waals surface area contributed by atoms with Crippen LogP contribution >= 0.6 is 0 Å². The maximum Gasteiger partial charge on any atom is 0.0786 e. The minimum absolute atomic E-state index is 0.449. The Bertz CT molecular complexity index is 205. The average molecular weight is 198 g/mol. The number of hydrogen-bond acceptors (Lipinski definition) is 3. The molecule has 2 N–H and O–H groups in total. The van der Waals surface area contributed by atoms with Gasteiger partial charge >= 0.3 is 0 Å². The topological polar surface area (TPSA) is 35.5 Å². The van der Waals surface area contributed by atoms with Crippen molar-refractivity contribution in [2.45, 2.75) is 25.4 Å². The van der Waals surface area contributed by atoms with Crippen molar-refractivity contribution in [3.8, 4) is 0 Å². The monoisotopic (exact) mass is 198 g/mol. The maximum absolute atomic E-state index is 10.2. The van der Waals surface area contributed by atoms with Crippen molar-refractivity contribution in [1.29, 1.82) is 0 Å². The van der Waals surface area contributed by atoms with E-state index in [1.807, 2.05) is 6.92 Å². The highest BCUT2D eigenvalue weighted by Gasteiger charge is 2.42. The number of likely N-dealkylation sites (tertiary alicyclic amines) is 1. The second kappa shape index (κ2) is 3.80. The lowest BCUT2D eigenvalue weighted by Gasteiger charge is -2.37. The number of β-amino-alcohol motifs (C(OH)–C–C–N with tert-alkyl or cyclic N) is 1. The normalized spacial score (nSPS) is 45.6. The molecule has 0 amide bonds. The van der Waals surface area contributed by atoms with Gasteiger partial charge in [0.2, 0.25) is 0 Å². The van der Waals surface area contributed by atoms with Crippen molar-refractivity contribution in [3.05, 3.63) is 0 Å². The van der Waals surface area contributed by atoms with Gasteiger partial charge in [-0.3, -0.25) is 0 Å². The highest BCUT2D eigenvalue weighted by Crippen LogP contribution is 2.33. The van der Waals surface area contributed by atoms with Crippen molar-refractivity contribution in [1.82, 2.24) is 10.2 Å². The van der Waals surface area contributed by atoms with E-state index in [1.165, 1.54) is 19.4 Å². The van der Waals surface area contributed by atoms with Crippen molar-refractivity contribution in [2.24, 2.45) is 11.8 Å². The molecule has 2 saturated heterocycles. The van der Waals surface area contributed by atoms with Crippen LogP contribution in [0.1, 0.15) is 19.8 Å². The Kier molecular flexibility index (Phi) is 2.82. The van der Waals surface area contributed by atoms with E-state index in [2.05, 4.69) is 17.3 Å². The van der Waals surface area contributed by atoms with E-state index in [9.17, 15) is 5.11 Å². The summed E-state index contributed by atoms with van der Waals surface area (Å²) in [6, 6.07) is 0. The lowest BCUT2D eigenvalue weighted by Crippen LogP contribution is -2.44. The lowest BCUT2D eigenvalue weighted by molar-refractivity contribution is -0.00476. The van der Waals surface area contributed by atoms with E-state index in [4.69, 9.17) is 0 Å². The Balaban J connectivity index is 2.00. The predicted octanol–water partition coefficient (Wildman–Crippen LogP) is 0.299. The Hall–Kier alpha value is -0.120. The summed E-state index contributed by atoms with van der Waals surface area (Å²) in [6.45, 7) is 6.11. The van der Waals surface area contributed by atoms with Crippen LogP contribution in [0.3, 0.4) is 0 Å². The molecule has 2 aliphatic heterocycles. The average Bonchev–Trinajstić information content (AvgIpc) is 2.45. The third kappa shape index (κ3) is 1.95. The van der Waals surface area contributed by atoms with Gasteiger partial charge in [0.1, 0.15) is 0 Å². The summed E-state index contributed by atoms with van der Waals surface area (Å²) in [5, 5.41) is 13.5. The van der Waals surface area contributed by atoms with Crippen LogP contribution in [-0.2, 0) is 0 Å². The third-order valence-corrected chi connectivity index (χ3v) is 3.88. The van der Waals surface area contributed by atoms with E-state index in [1.54, 1.807) is 0 Å². The summed E-state index contributed by atoms with van der Waals surface area (Å²) in [4.78, 5) is 2.39. The molecule has 3 unspecified atom stereocenters.